The minimum atomic E-state index is -0.463. The van der Waals surface area contributed by atoms with Crippen LogP contribution in [0.3, 0.4) is 0 Å². The molecule has 0 heterocycles. The molecule has 0 unspecified atom stereocenters. The number of nitrogens with two attached hydrogens (primary N) is 1. The fourth-order valence-electron chi connectivity index (χ4n) is 2.44. The maximum atomic E-state index is 11.1. The fourth-order valence-corrected chi connectivity index (χ4v) is 2.69. The number of nitrogens with one attached hydrogen (secondary N) is 1. The Bertz CT molecular complexity index is 725. The van der Waals surface area contributed by atoms with Crippen molar-refractivity contribution in [3.8, 4) is 5.75 Å². The Kier molecular flexibility index (Phi) is 7.06. The zero-order chi connectivity index (χ0) is 19.2. The molecule has 0 spiro atoms. The van der Waals surface area contributed by atoms with Crippen LogP contribution in [0.5, 0.6) is 5.75 Å². The maximum Gasteiger partial charge on any atom is 0.248 e. The molecule has 1 aromatic rings. The summed E-state index contributed by atoms with van der Waals surface area (Å²) in [5, 5.41) is 4.03. The summed E-state index contributed by atoms with van der Waals surface area (Å²) in [6, 6.07) is 6.67. The molecule has 0 radical (unpaired) electrons. The van der Waals surface area contributed by atoms with Gasteiger partial charge in [0.05, 0.1) is 5.03 Å². The number of rotatable bonds is 7. The Hall–Kier alpha value is -2.04. The zero-order valence-electron chi connectivity index (χ0n) is 15.6. The molecule has 1 amide bonds. The maximum absolute atomic E-state index is 11.1. The molecule has 5 heteroatoms. The normalized spacial score (nSPS) is 14.8. The van der Waals surface area contributed by atoms with Gasteiger partial charge < -0.3 is 15.8 Å². The van der Waals surface area contributed by atoms with Gasteiger partial charge in [-0.1, -0.05) is 44.0 Å². The van der Waals surface area contributed by atoms with Crippen LogP contribution in [0.1, 0.15) is 44.0 Å². The van der Waals surface area contributed by atoms with E-state index >= 15 is 0 Å². The fraction of sp³-hybridized carbons (Fsp3) is 0.381. The van der Waals surface area contributed by atoms with Gasteiger partial charge in [-0.15, -0.1) is 0 Å². The van der Waals surface area contributed by atoms with E-state index in [1.807, 2.05) is 18.2 Å². The number of hydrogen-bond donors (Lipinski definition) is 2. The first kappa shape index (κ1) is 20.3. The number of carbonyl (C=O) groups excluding carboxylic acids is 1. The molecule has 0 saturated heterocycles. The van der Waals surface area contributed by atoms with Gasteiger partial charge >= 0.3 is 0 Å². The molecule has 140 valence electrons. The first-order chi connectivity index (χ1) is 12.2. The van der Waals surface area contributed by atoms with E-state index in [1.54, 1.807) is 24.3 Å². The van der Waals surface area contributed by atoms with Gasteiger partial charge in [0, 0.05) is 12.1 Å². The lowest BCUT2D eigenvalue weighted by Gasteiger charge is -2.18. The molecule has 0 aliphatic heterocycles. The van der Waals surface area contributed by atoms with Crippen molar-refractivity contribution in [2.45, 2.75) is 33.6 Å². The van der Waals surface area contributed by atoms with Crippen molar-refractivity contribution < 1.29 is 9.53 Å². The third-order valence-electron chi connectivity index (χ3n) is 3.99. The van der Waals surface area contributed by atoms with Crippen molar-refractivity contribution in [3.05, 3.63) is 64.4 Å². The summed E-state index contributed by atoms with van der Waals surface area (Å²) in [4.78, 5) is 11.1. The number of halogens is 1. The molecule has 2 rings (SSSR count). The molecule has 3 N–H and O–H groups in total. The Labute approximate surface area is 160 Å². The topological polar surface area (TPSA) is 64.3 Å². The molecule has 0 aromatic heterocycles. The molecule has 1 aromatic carbocycles. The molecule has 0 fully saturated rings. The second-order valence-electron chi connectivity index (χ2n) is 7.60. The summed E-state index contributed by atoms with van der Waals surface area (Å²) in [5.41, 5.74) is 7.22. The summed E-state index contributed by atoms with van der Waals surface area (Å²) in [6.07, 6.45) is 7.82. The Morgan fingerprint density at radius 1 is 1.27 bits per heavy atom. The van der Waals surface area contributed by atoms with Crippen LogP contribution >= 0.6 is 11.6 Å². The lowest BCUT2D eigenvalue weighted by atomic mass is 9.92. The van der Waals surface area contributed by atoms with E-state index < -0.39 is 5.91 Å². The summed E-state index contributed by atoms with van der Waals surface area (Å²) in [5.74, 6) is 0.728. The van der Waals surface area contributed by atoms with Gasteiger partial charge in [0.15, 0.2) is 0 Å². The Morgan fingerprint density at radius 3 is 2.58 bits per heavy atom. The smallest absolute Gasteiger partial charge is 0.248 e. The van der Waals surface area contributed by atoms with Crippen molar-refractivity contribution in [3.63, 3.8) is 0 Å². The van der Waals surface area contributed by atoms with Crippen LogP contribution < -0.4 is 15.8 Å². The highest BCUT2D eigenvalue weighted by Crippen LogP contribution is 2.24. The molecular formula is C21H27ClN2O2. The summed E-state index contributed by atoms with van der Waals surface area (Å²) >= 11 is 6.42. The lowest BCUT2D eigenvalue weighted by Crippen LogP contribution is -2.22. The quantitative estimate of drug-likeness (QED) is 0.689. The van der Waals surface area contributed by atoms with Crippen LogP contribution in [-0.2, 0) is 0 Å². The molecule has 4 nitrogen and oxygen atoms in total. The first-order valence-corrected chi connectivity index (χ1v) is 9.16. The summed E-state index contributed by atoms with van der Waals surface area (Å²) < 4.78 is 5.84. The SMILES string of the molecule is CC(C)(C)CCNCC1=CC(Cl)=C(Oc2ccc(C(N)=O)cc2)C=CC1. The molecule has 0 saturated carbocycles. The molecule has 1 aliphatic carbocycles. The van der Waals surface area contributed by atoms with Crippen molar-refractivity contribution in [2.24, 2.45) is 11.1 Å². The monoisotopic (exact) mass is 374 g/mol. The number of hydrogen-bond acceptors (Lipinski definition) is 3. The van der Waals surface area contributed by atoms with E-state index in [-0.39, 0.29) is 0 Å². The highest BCUT2D eigenvalue weighted by Gasteiger charge is 2.11. The predicted octanol–water partition coefficient (Wildman–Crippen LogP) is 4.53. The molecular weight excluding hydrogens is 348 g/mol. The van der Waals surface area contributed by atoms with Gasteiger partial charge in [-0.2, -0.15) is 0 Å². The van der Waals surface area contributed by atoms with Gasteiger partial charge in [0.25, 0.3) is 0 Å². The van der Waals surface area contributed by atoms with Crippen LogP contribution in [0, 0.1) is 5.41 Å². The molecule has 0 atom stereocenters. The van der Waals surface area contributed by atoms with E-state index in [2.05, 4.69) is 26.1 Å². The third-order valence-corrected chi connectivity index (χ3v) is 4.28. The van der Waals surface area contributed by atoms with Crippen molar-refractivity contribution in [1.82, 2.24) is 5.32 Å². The number of ether oxygens (including phenoxy) is 1. The molecule has 0 bridgehead atoms. The third kappa shape index (κ3) is 6.70. The highest BCUT2D eigenvalue weighted by molar-refractivity contribution is 6.31. The van der Waals surface area contributed by atoms with Crippen LogP contribution in [0.2, 0.25) is 0 Å². The van der Waals surface area contributed by atoms with E-state index in [1.165, 1.54) is 5.57 Å². The number of primary amides is 1. The van der Waals surface area contributed by atoms with Crippen LogP contribution in [0.15, 0.2) is 58.9 Å². The van der Waals surface area contributed by atoms with Gasteiger partial charge in [-0.25, -0.2) is 0 Å². The first-order valence-electron chi connectivity index (χ1n) is 8.79. The standard InChI is InChI=1S/C21H27ClN2O2/c1-21(2,3)11-12-24-14-15-5-4-6-19(18(22)13-15)26-17-9-7-16(8-10-17)20(23)25/h4,6-10,13,24H,5,11-12,14H2,1-3H3,(H2,23,25). The highest BCUT2D eigenvalue weighted by atomic mass is 35.5. The Balaban J connectivity index is 1.98. The largest absolute Gasteiger partial charge is 0.456 e. The van der Waals surface area contributed by atoms with Crippen LogP contribution in [0.25, 0.3) is 0 Å². The number of carbonyl (C=O) groups is 1. The second-order valence-corrected chi connectivity index (χ2v) is 8.01. The second kappa shape index (κ2) is 9.06. The van der Waals surface area contributed by atoms with E-state index in [0.29, 0.717) is 27.5 Å². The van der Waals surface area contributed by atoms with E-state index in [4.69, 9.17) is 22.1 Å². The number of allylic oxidation sites excluding steroid dienone is 4. The zero-order valence-corrected chi connectivity index (χ0v) is 16.4. The number of benzene rings is 1. The van der Waals surface area contributed by atoms with Crippen molar-refractivity contribution in [2.75, 3.05) is 13.1 Å². The minimum absolute atomic E-state index is 0.327. The summed E-state index contributed by atoms with van der Waals surface area (Å²) in [6.45, 7) is 8.49. The average molecular weight is 375 g/mol. The lowest BCUT2D eigenvalue weighted by molar-refractivity contribution is 0.100. The molecule has 1 aliphatic rings. The predicted molar refractivity (Wildman–Crippen MR) is 107 cm³/mol. The van der Waals surface area contributed by atoms with E-state index in [9.17, 15) is 4.79 Å². The van der Waals surface area contributed by atoms with Gasteiger partial charge in [-0.3, -0.25) is 4.79 Å². The summed E-state index contributed by atoms with van der Waals surface area (Å²) in [7, 11) is 0. The van der Waals surface area contributed by atoms with Crippen molar-refractivity contribution in [1.29, 1.82) is 0 Å². The Morgan fingerprint density at radius 2 is 1.96 bits per heavy atom. The van der Waals surface area contributed by atoms with Gasteiger partial charge in [-0.05, 0) is 61.2 Å². The number of amides is 1. The van der Waals surface area contributed by atoms with Gasteiger partial charge in [0.2, 0.25) is 5.91 Å². The minimum Gasteiger partial charge on any atom is -0.456 e. The van der Waals surface area contributed by atoms with Crippen LogP contribution in [-0.4, -0.2) is 19.0 Å². The molecule has 26 heavy (non-hydrogen) atoms. The van der Waals surface area contributed by atoms with Crippen LogP contribution in [0.4, 0.5) is 0 Å². The average Bonchev–Trinajstić information content (AvgIpc) is 2.73. The van der Waals surface area contributed by atoms with E-state index in [0.717, 1.165) is 25.9 Å². The van der Waals surface area contributed by atoms with Crippen molar-refractivity contribution >= 4 is 17.5 Å². The van der Waals surface area contributed by atoms with Gasteiger partial charge in [0.1, 0.15) is 11.5 Å².